The van der Waals surface area contributed by atoms with Crippen molar-refractivity contribution in [2.75, 3.05) is 24.5 Å². The lowest BCUT2D eigenvalue weighted by atomic mass is 9.97. The topological polar surface area (TPSA) is 28.2 Å². The first-order valence-electron chi connectivity index (χ1n) is 8.67. The van der Waals surface area contributed by atoms with Gasteiger partial charge in [-0.05, 0) is 45.1 Å². The second-order valence-corrected chi connectivity index (χ2v) is 7.32. The highest BCUT2D eigenvalue weighted by Gasteiger charge is 2.25. The molecule has 1 N–H and O–H groups in total. The fourth-order valence-corrected chi connectivity index (χ4v) is 4.14. The summed E-state index contributed by atoms with van der Waals surface area (Å²) in [5.41, 5.74) is 1.34. The van der Waals surface area contributed by atoms with Crippen molar-refractivity contribution in [3.63, 3.8) is 0 Å². The van der Waals surface area contributed by atoms with E-state index < -0.39 is 0 Å². The maximum absolute atomic E-state index is 5.03. The third-order valence-corrected chi connectivity index (χ3v) is 5.66. The molecule has 0 aromatic carbocycles. The van der Waals surface area contributed by atoms with Crippen LogP contribution in [0.15, 0.2) is 0 Å². The summed E-state index contributed by atoms with van der Waals surface area (Å²) in [5, 5.41) is 4.92. The largest absolute Gasteiger partial charge is 0.348 e. The number of hydrogen-bond acceptors (Lipinski definition) is 4. The van der Waals surface area contributed by atoms with Gasteiger partial charge in [-0.25, -0.2) is 4.98 Å². The predicted molar refractivity (Wildman–Crippen MR) is 93.4 cm³/mol. The lowest BCUT2D eigenvalue weighted by Crippen LogP contribution is -2.28. The van der Waals surface area contributed by atoms with Crippen LogP contribution in [0.1, 0.15) is 70.0 Å². The first kappa shape index (κ1) is 16.8. The van der Waals surface area contributed by atoms with E-state index in [4.69, 9.17) is 4.98 Å². The van der Waals surface area contributed by atoms with Crippen LogP contribution in [0, 0.1) is 5.92 Å². The maximum Gasteiger partial charge on any atom is 0.185 e. The van der Waals surface area contributed by atoms with Crippen LogP contribution in [-0.4, -0.2) is 24.6 Å². The zero-order chi connectivity index (χ0) is 15.2. The third-order valence-electron chi connectivity index (χ3n) is 4.46. The van der Waals surface area contributed by atoms with Gasteiger partial charge in [-0.3, -0.25) is 0 Å². The monoisotopic (exact) mass is 309 g/mol. The number of nitrogens with zero attached hydrogens (tertiary/aromatic N) is 2. The van der Waals surface area contributed by atoms with Crippen LogP contribution >= 0.6 is 11.3 Å². The summed E-state index contributed by atoms with van der Waals surface area (Å²) in [4.78, 5) is 9.01. The van der Waals surface area contributed by atoms with E-state index >= 15 is 0 Å². The Morgan fingerprint density at radius 1 is 1.38 bits per heavy atom. The Bertz CT molecular complexity index is 430. The molecule has 1 aliphatic rings. The first-order chi connectivity index (χ1) is 10.2. The molecule has 0 aliphatic heterocycles. The van der Waals surface area contributed by atoms with Gasteiger partial charge in [0.2, 0.25) is 0 Å². The van der Waals surface area contributed by atoms with Crippen LogP contribution in [0.25, 0.3) is 0 Å². The molecule has 1 aliphatic carbocycles. The van der Waals surface area contributed by atoms with Crippen molar-refractivity contribution in [3.05, 3.63) is 10.6 Å². The molecular weight excluding hydrogens is 278 g/mol. The molecule has 2 atom stereocenters. The molecule has 0 fully saturated rings. The third kappa shape index (κ3) is 4.19. The van der Waals surface area contributed by atoms with Crippen LogP contribution in [0.2, 0.25) is 0 Å². The number of rotatable bonds is 8. The molecule has 1 heterocycles. The van der Waals surface area contributed by atoms with Gasteiger partial charge in [-0.15, -0.1) is 11.3 Å². The Labute approximate surface area is 134 Å². The molecule has 0 amide bonds. The normalized spacial score (nSPS) is 19.3. The van der Waals surface area contributed by atoms with Crippen molar-refractivity contribution in [2.45, 2.75) is 65.8 Å². The van der Waals surface area contributed by atoms with Gasteiger partial charge < -0.3 is 10.2 Å². The lowest BCUT2D eigenvalue weighted by molar-refractivity contribution is 0.454. The molecule has 1 aromatic heterocycles. The molecule has 0 radical (unpaired) electrons. The maximum atomic E-state index is 5.03. The smallest absolute Gasteiger partial charge is 0.185 e. The van der Waals surface area contributed by atoms with Crippen molar-refractivity contribution in [1.82, 2.24) is 10.3 Å². The van der Waals surface area contributed by atoms with Crippen molar-refractivity contribution in [2.24, 2.45) is 5.92 Å². The molecule has 1 aromatic rings. The first-order valence-corrected chi connectivity index (χ1v) is 9.49. The minimum absolute atomic E-state index is 0.487. The van der Waals surface area contributed by atoms with E-state index in [1.54, 1.807) is 0 Å². The van der Waals surface area contributed by atoms with Crippen LogP contribution in [0.5, 0.6) is 0 Å². The standard InChI is InChI=1S/C17H31N3S/c1-5-11-18-14-9-8-10-15-16(14)19-17(21-15)20(7-3)12-13(4)6-2/h13-14,18H,5-12H2,1-4H3. The van der Waals surface area contributed by atoms with Crippen LogP contribution in [0.4, 0.5) is 5.13 Å². The average molecular weight is 310 g/mol. The summed E-state index contributed by atoms with van der Waals surface area (Å²) in [5.74, 6) is 0.736. The summed E-state index contributed by atoms with van der Waals surface area (Å²) >= 11 is 1.93. The van der Waals surface area contributed by atoms with E-state index in [2.05, 4.69) is 37.9 Å². The van der Waals surface area contributed by atoms with Gasteiger partial charge in [0.05, 0.1) is 11.7 Å². The SMILES string of the molecule is CCCNC1CCCc2sc(N(CC)CC(C)CC)nc21. The number of anilines is 1. The summed E-state index contributed by atoms with van der Waals surface area (Å²) in [6.45, 7) is 12.4. The van der Waals surface area contributed by atoms with E-state index in [0.29, 0.717) is 6.04 Å². The van der Waals surface area contributed by atoms with E-state index in [1.807, 2.05) is 11.3 Å². The van der Waals surface area contributed by atoms with Gasteiger partial charge in [-0.2, -0.15) is 0 Å². The van der Waals surface area contributed by atoms with Crippen LogP contribution in [0.3, 0.4) is 0 Å². The van der Waals surface area contributed by atoms with Crippen LogP contribution < -0.4 is 10.2 Å². The van der Waals surface area contributed by atoms with E-state index in [9.17, 15) is 0 Å². The summed E-state index contributed by atoms with van der Waals surface area (Å²) in [6.07, 6.45) is 6.19. The van der Waals surface area contributed by atoms with Gasteiger partial charge in [0.25, 0.3) is 0 Å². The van der Waals surface area contributed by atoms with Gasteiger partial charge in [0, 0.05) is 18.0 Å². The quantitative estimate of drug-likeness (QED) is 0.772. The van der Waals surface area contributed by atoms with Gasteiger partial charge in [-0.1, -0.05) is 27.2 Å². The molecule has 2 unspecified atom stereocenters. The summed E-state index contributed by atoms with van der Waals surface area (Å²) in [6, 6.07) is 0.487. The zero-order valence-corrected chi connectivity index (χ0v) is 14.9. The second kappa shape index (κ2) is 8.14. The minimum Gasteiger partial charge on any atom is -0.348 e. The predicted octanol–water partition coefficient (Wildman–Crippen LogP) is 4.39. The summed E-state index contributed by atoms with van der Waals surface area (Å²) in [7, 11) is 0. The Morgan fingerprint density at radius 2 is 2.19 bits per heavy atom. The van der Waals surface area contributed by atoms with Gasteiger partial charge in [0.1, 0.15) is 0 Å². The van der Waals surface area contributed by atoms with Gasteiger partial charge in [0.15, 0.2) is 5.13 Å². The number of aryl methyl sites for hydroxylation is 1. The molecule has 21 heavy (non-hydrogen) atoms. The van der Waals surface area contributed by atoms with Crippen molar-refractivity contribution in [3.8, 4) is 0 Å². The highest BCUT2D eigenvalue weighted by molar-refractivity contribution is 7.15. The zero-order valence-electron chi connectivity index (χ0n) is 14.1. The number of thiazole rings is 1. The van der Waals surface area contributed by atoms with E-state index in [1.165, 1.54) is 47.8 Å². The average Bonchev–Trinajstić information content (AvgIpc) is 2.94. The fraction of sp³-hybridized carbons (Fsp3) is 0.824. The molecule has 3 nitrogen and oxygen atoms in total. The van der Waals surface area contributed by atoms with Crippen molar-refractivity contribution in [1.29, 1.82) is 0 Å². The highest BCUT2D eigenvalue weighted by atomic mass is 32.1. The van der Waals surface area contributed by atoms with Crippen molar-refractivity contribution >= 4 is 16.5 Å². The van der Waals surface area contributed by atoms with Crippen LogP contribution in [-0.2, 0) is 6.42 Å². The molecule has 0 spiro atoms. The molecular formula is C17H31N3S. The fourth-order valence-electron chi connectivity index (χ4n) is 2.91. The number of fused-ring (bicyclic) bond motifs is 1. The molecule has 0 saturated heterocycles. The number of aromatic nitrogens is 1. The number of hydrogen-bond donors (Lipinski definition) is 1. The highest BCUT2D eigenvalue weighted by Crippen LogP contribution is 2.37. The molecule has 120 valence electrons. The second-order valence-electron chi connectivity index (χ2n) is 6.26. The lowest BCUT2D eigenvalue weighted by Gasteiger charge is -2.23. The van der Waals surface area contributed by atoms with Gasteiger partial charge >= 0.3 is 0 Å². The Hall–Kier alpha value is -0.610. The molecule has 0 bridgehead atoms. The van der Waals surface area contributed by atoms with E-state index in [0.717, 1.165) is 25.6 Å². The van der Waals surface area contributed by atoms with Crippen molar-refractivity contribution < 1.29 is 0 Å². The Balaban J connectivity index is 2.13. The number of nitrogens with one attached hydrogen (secondary N) is 1. The minimum atomic E-state index is 0.487. The Kier molecular flexibility index (Phi) is 6.49. The molecule has 4 heteroatoms. The molecule has 2 rings (SSSR count). The Morgan fingerprint density at radius 3 is 2.86 bits per heavy atom. The molecule has 0 saturated carbocycles. The van der Waals surface area contributed by atoms with E-state index in [-0.39, 0.29) is 0 Å². The summed E-state index contributed by atoms with van der Waals surface area (Å²) < 4.78 is 0.